The van der Waals surface area contributed by atoms with Gasteiger partial charge in [0.25, 0.3) is 5.91 Å². The van der Waals surface area contributed by atoms with Gasteiger partial charge in [-0.15, -0.1) is 0 Å². The zero-order valence-electron chi connectivity index (χ0n) is 8.42. The number of hydrogen-bond donors (Lipinski definition) is 0. The maximum Gasteiger partial charge on any atom is 0.254 e. The van der Waals surface area contributed by atoms with Crippen molar-refractivity contribution in [2.45, 2.75) is 13.8 Å². The Morgan fingerprint density at radius 2 is 2.29 bits per heavy atom. The van der Waals surface area contributed by atoms with Gasteiger partial charge in [-0.2, -0.15) is 11.3 Å². The third kappa shape index (κ3) is 2.58. The van der Waals surface area contributed by atoms with Crippen LogP contribution in [-0.2, 0) is 0 Å². The molecule has 0 aliphatic rings. The molecule has 0 saturated carbocycles. The van der Waals surface area contributed by atoms with Gasteiger partial charge < -0.3 is 4.90 Å². The van der Waals surface area contributed by atoms with Crippen molar-refractivity contribution in [3.05, 3.63) is 21.9 Å². The highest BCUT2D eigenvalue weighted by Gasteiger charge is 2.15. The van der Waals surface area contributed by atoms with Gasteiger partial charge in [0.05, 0.1) is 5.56 Å². The van der Waals surface area contributed by atoms with Crippen LogP contribution in [0.25, 0.3) is 0 Å². The van der Waals surface area contributed by atoms with Crippen LogP contribution in [0.3, 0.4) is 0 Å². The van der Waals surface area contributed by atoms with Crippen LogP contribution in [0.15, 0.2) is 10.8 Å². The van der Waals surface area contributed by atoms with E-state index in [1.165, 1.54) is 0 Å². The standard InChI is InChI=1S/C10H14BrNOS/c1-3-12(5-4-11)10(13)9-7-14-6-8(9)2/h6-7H,3-5H2,1-2H3. The first-order chi connectivity index (χ1) is 6.70. The lowest BCUT2D eigenvalue weighted by Gasteiger charge is -2.19. The first-order valence-corrected chi connectivity index (χ1v) is 6.65. The minimum absolute atomic E-state index is 0.144. The predicted molar refractivity (Wildman–Crippen MR) is 64.4 cm³/mol. The van der Waals surface area contributed by atoms with E-state index in [1.54, 1.807) is 11.3 Å². The molecule has 2 nitrogen and oxygen atoms in total. The summed E-state index contributed by atoms with van der Waals surface area (Å²) in [4.78, 5) is 13.8. The summed E-state index contributed by atoms with van der Waals surface area (Å²) in [6, 6.07) is 0. The summed E-state index contributed by atoms with van der Waals surface area (Å²) in [6.07, 6.45) is 0. The minimum atomic E-state index is 0.144. The molecule has 78 valence electrons. The number of rotatable bonds is 4. The normalized spacial score (nSPS) is 10.2. The Bertz CT molecular complexity index is 311. The Balaban J connectivity index is 2.78. The monoisotopic (exact) mass is 275 g/mol. The van der Waals surface area contributed by atoms with Crippen LogP contribution in [0.5, 0.6) is 0 Å². The fourth-order valence-corrected chi connectivity index (χ4v) is 2.51. The zero-order valence-corrected chi connectivity index (χ0v) is 10.8. The molecule has 1 heterocycles. The van der Waals surface area contributed by atoms with Gasteiger partial charge >= 0.3 is 0 Å². The summed E-state index contributed by atoms with van der Waals surface area (Å²) in [5, 5.41) is 4.76. The first-order valence-electron chi connectivity index (χ1n) is 4.58. The molecular formula is C10H14BrNOS. The number of halogens is 1. The molecule has 0 atom stereocenters. The van der Waals surface area contributed by atoms with Crippen LogP contribution in [0.1, 0.15) is 22.8 Å². The van der Waals surface area contributed by atoms with Crippen molar-refractivity contribution < 1.29 is 4.79 Å². The number of nitrogens with zero attached hydrogens (tertiary/aromatic N) is 1. The number of aryl methyl sites for hydroxylation is 1. The number of amides is 1. The van der Waals surface area contributed by atoms with E-state index in [1.807, 2.05) is 29.5 Å². The van der Waals surface area contributed by atoms with Gasteiger partial charge in [0.2, 0.25) is 0 Å². The molecule has 14 heavy (non-hydrogen) atoms. The fourth-order valence-electron chi connectivity index (χ4n) is 1.26. The van der Waals surface area contributed by atoms with Gasteiger partial charge in [0.15, 0.2) is 0 Å². The summed E-state index contributed by atoms with van der Waals surface area (Å²) < 4.78 is 0. The van der Waals surface area contributed by atoms with Crippen molar-refractivity contribution in [2.24, 2.45) is 0 Å². The van der Waals surface area contributed by atoms with Crippen LogP contribution in [0, 0.1) is 6.92 Å². The van der Waals surface area contributed by atoms with Crippen molar-refractivity contribution in [2.75, 3.05) is 18.4 Å². The van der Waals surface area contributed by atoms with E-state index < -0.39 is 0 Å². The molecule has 0 aliphatic carbocycles. The molecule has 0 aromatic carbocycles. The molecule has 0 N–H and O–H groups in total. The second-order valence-corrected chi connectivity index (χ2v) is 4.58. The Hall–Kier alpha value is -0.350. The molecule has 0 fully saturated rings. The summed E-state index contributed by atoms with van der Waals surface area (Å²) >= 11 is 4.93. The maximum absolute atomic E-state index is 12.0. The highest BCUT2D eigenvalue weighted by Crippen LogP contribution is 2.15. The second-order valence-electron chi connectivity index (χ2n) is 3.04. The fraction of sp³-hybridized carbons (Fsp3) is 0.500. The molecule has 0 unspecified atom stereocenters. The van der Waals surface area contributed by atoms with Gasteiger partial charge in [0.1, 0.15) is 0 Å². The van der Waals surface area contributed by atoms with E-state index in [9.17, 15) is 4.79 Å². The molecular weight excluding hydrogens is 262 g/mol. The SMILES string of the molecule is CCN(CCBr)C(=O)c1cscc1C. The van der Waals surface area contributed by atoms with Crippen LogP contribution in [0.4, 0.5) is 0 Å². The average Bonchev–Trinajstić information content (AvgIpc) is 2.59. The van der Waals surface area contributed by atoms with Crippen molar-refractivity contribution in [1.29, 1.82) is 0 Å². The molecule has 1 aromatic rings. The second kappa shape index (κ2) is 5.51. The summed E-state index contributed by atoms with van der Waals surface area (Å²) in [7, 11) is 0. The smallest absolute Gasteiger partial charge is 0.254 e. The third-order valence-electron chi connectivity index (χ3n) is 2.11. The summed E-state index contributed by atoms with van der Waals surface area (Å²) in [5.74, 6) is 0.144. The number of carbonyl (C=O) groups excluding carboxylic acids is 1. The molecule has 0 bridgehead atoms. The molecule has 1 rings (SSSR count). The topological polar surface area (TPSA) is 20.3 Å². The Labute approximate surface area is 97.1 Å². The van der Waals surface area contributed by atoms with Crippen LogP contribution in [-0.4, -0.2) is 29.2 Å². The summed E-state index contributed by atoms with van der Waals surface area (Å²) in [6.45, 7) is 5.51. The lowest BCUT2D eigenvalue weighted by molar-refractivity contribution is 0.0775. The van der Waals surface area contributed by atoms with Gasteiger partial charge in [0, 0.05) is 23.8 Å². The summed E-state index contributed by atoms with van der Waals surface area (Å²) in [5.41, 5.74) is 1.92. The van der Waals surface area contributed by atoms with Crippen LogP contribution >= 0.6 is 27.3 Å². The highest BCUT2D eigenvalue weighted by atomic mass is 79.9. The Kier molecular flexibility index (Phi) is 4.62. The quantitative estimate of drug-likeness (QED) is 0.774. The Morgan fingerprint density at radius 1 is 1.57 bits per heavy atom. The number of hydrogen-bond acceptors (Lipinski definition) is 2. The number of carbonyl (C=O) groups is 1. The molecule has 0 spiro atoms. The van der Waals surface area contributed by atoms with Crippen molar-refractivity contribution in [3.8, 4) is 0 Å². The van der Waals surface area contributed by atoms with Crippen molar-refractivity contribution in [3.63, 3.8) is 0 Å². The molecule has 1 amide bonds. The van der Waals surface area contributed by atoms with Crippen LogP contribution < -0.4 is 0 Å². The lowest BCUT2D eigenvalue weighted by Crippen LogP contribution is -2.32. The first kappa shape index (κ1) is 11.7. The zero-order chi connectivity index (χ0) is 10.6. The van der Waals surface area contributed by atoms with E-state index in [-0.39, 0.29) is 5.91 Å². The van der Waals surface area contributed by atoms with E-state index in [4.69, 9.17) is 0 Å². The molecule has 1 aromatic heterocycles. The van der Waals surface area contributed by atoms with Gasteiger partial charge in [-0.3, -0.25) is 4.79 Å². The molecule has 4 heteroatoms. The minimum Gasteiger partial charge on any atom is -0.338 e. The van der Waals surface area contributed by atoms with Gasteiger partial charge in [-0.05, 0) is 24.8 Å². The van der Waals surface area contributed by atoms with E-state index in [2.05, 4.69) is 15.9 Å². The third-order valence-corrected chi connectivity index (χ3v) is 3.33. The van der Waals surface area contributed by atoms with E-state index in [0.717, 1.165) is 29.5 Å². The lowest BCUT2D eigenvalue weighted by atomic mass is 10.2. The van der Waals surface area contributed by atoms with Crippen molar-refractivity contribution in [1.82, 2.24) is 4.90 Å². The predicted octanol–water partition coefficient (Wildman–Crippen LogP) is 2.91. The van der Waals surface area contributed by atoms with Gasteiger partial charge in [-0.1, -0.05) is 15.9 Å². The van der Waals surface area contributed by atoms with Crippen LogP contribution in [0.2, 0.25) is 0 Å². The van der Waals surface area contributed by atoms with E-state index in [0.29, 0.717) is 0 Å². The van der Waals surface area contributed by atoms with Crippen molar-refractivity contribution >= 4 is 33.2 Å². The average molecular weight is 276 g/mol. The number of thiophene rings is 1. The Morgan fingerprint density at radius 3 is 2.71 bits per heavy atom. The molecule has 0 radical (unpaired) electrons. The number of alkyl halides is 1. The largest absolute Gasteiger partial charge is 0.338 e. The highest BCUT2D eigenvalue weighted by molar-refractivity contribution is 9.09. The van der Waals surface area contributed by atoms with E-state index >= 15 is 0 Å². The molecule has 0 saturated heterocycles. The molecule has 0 aliphatic heterocycles. The van der Waals surface area contributed by atoms with Gasteiger partial charge in [-0.25, -0.2) is 0 Å². The maximum atomic E-state index is 12.0.